The summed E-state index contributed by atoms with van der Waals surface area (Å²) in [5.74, 6) is 0.451. The molecule has 5 rings (SSSR count). The highest BCUT2D eigenvalue weighted by molar-refractivity contribution is 7.07. The van der Waals surface area contributed by atoms with Gasteiger partial charge in [0.05, 0.1) is 49.7 Å². The molecular weight excluding hydrogens is 579 g/mol. The molecule has 0 N–H and O–H groups in total. The Morgan fingerprint density at radius 2 is 1.70 bits per heavy atom. The minimum absolute atomic E-state index is 0.0469. The number of aromatic nitrogens is 1. The average Bonchev–Trinajstić information content (AvgIpc) is 3.53. The van der Waals surface area contributed by atoms with Gasteiger partial charge in [0.2, 0.25) is 11.6 Å². The van der Waals surface area contributed by atoms with Crippen LogP contribution < -0.4 is 14.3 Å². The van der Waals surface area contributed by atoms with Crippen LogP contribution in [0.15, 0.2) is 70.1 Å². The van der Waals surface area contributed by atoms with Crippen LogP contribution in [-0.4, -0.2) is 27.5 Å². The van der Waals surface area contributed by atoms with Crippen molar-refractivity contribution in [1.82, 2.24) is 4.68 Å². The van der Waals surface area contributed by atoms with E-state index < -0.39 is 21.6 Å². The van der Waals surface area contributed by atoms with Crippen LogP contribution in [0.4, 0.5) is 30.2 Å². The summed E-state index contributed by atoms with van der Waals surface area (Å²) in [7, 11) is 0. The van der Waals surface area contributed by atoms with Gasteiger partial charge in [0.15, 0.2) is 11.5 Å². The van der Waals surface area contributed by atoms with Gasteiger partial charge in [-0.3, -0.25) is 20.2 Å². The molecule has 0 aliphatic carbocycles. The third kappa shape index (κ3) is 5.37. The lowest BCUT2D eigenvalue weighted by Gasteiger charge is -2.08. The number of benzene rings is 3. The van der Waals surface area contributed by atoms with Crippen molar-refractivity contribution in [3.8, 4) is 22.8 Å². The predicted octanol–water partition coefficient (Wildman–Crippen LogP) is 6.55. The van der Waals surface area contributed by atoms with E-state index in [-0.39, 0.29) is 50.7 Å². The second kappa shape index (κ2) is 10.4. The summed E-state index contributed by atoms with van der Waals surface area (Å²) in [6.45, 7) is -0.114. The zero-order chi connectivity index (χ0) is 28.6. The van der Waals surface area contributed by atoms with E-state index >= 15 is 0 Å². The average molecular weight is 592 g/mol. The smallest absolute Gasteiger partial charge is 0.416 e. The molecule has 0 atom stereocenters. The van der Waals surface area contributed by atoms with Crippen LogP contribution >= 0.6 is 22.9 Å². The molecule has 11 nitrogen and oxygen atoms in total. The second-order valence-corrected chi connectivity index (χ2v) is 9.30. The lowest BCUT2D eigenvalue weighted by atomic mass is 10.1. The van der Waals surface area contributed by atoms with Crippen molar-refractivity contribution in [1.29, 1.82) is 0 Å². The number of ether oxygens (including phenoxy) is 2. The first-order chi connectivity index (χ1) is 19.0. The van der Waals surface area contributed by atoms with E-state index in [1.807, 2.05) is 0 Å². The largest absolute Gasteiger partial charge is 0.454 e. The second-order valence-electron chi connectivity index (χ2n) is 8.06. The molecule has 0 saturated heterocycles. The number of halogens is 4. The van der Waals surface area contributed by atoms with Crippen LogP contribution in [0.1, 0.15) is 11.1 Å². The first kappa shape index (κ1) is 26.8. The van der Waals surface area contributed by atoms with Crippen LogP contribution in [0.2, 0.25) is 5.02 Å². The molecule has 16 heteroatoms. The fraction of sp³-hybridized carbons (Fsp3) is 0.0833. The Balaban J connectivity index is 1.68. The van der Waals surface area contributed by atoms with Crippen LogP contribution in [0.5, 0.6) is 11.5 Å². The fourth-order valence-corrected chi connectivity index (χ4v) is 4.66. The maximum absolute atomic E-state index is 13.3. The van der Waals surface area contributed by atoms with E-state index in [0.717, 1.165) is 35.8 Å². The Hall–Kier alpha value is -4.76. The van der Waals surface area contributed by atoms with Gasteiger partial charge >= 0.3 is 6.18 Å². The molecule has 0 saturated carbocycles. The van der Waals surface area contributed by atoms with Crippen molar-refractivity contribution in [2.45, 2.75) is 6.18 Å². The summed E-state index contributed by atoms with van der Waals surface area (Å²) in [6.07, 6.45) is -3.48. The van der Waals surface area contributed by atoms with Gasteiger partial charge in [0, 0.05) is 23.1 Å². The molecule has 204 valence electrons. The topological polar surface area (TPSA) is 134 Å². The van der Waals surface area contributed by atoms with Gasteiger partial charge in [-0.1, -0.05) is 11.6 Å². The van der Waals surface area contributed by atoms with E-state index in [1.165, 1.54) is 41.1 Å². The predicted molar refractivity (Wildman–Crippen MR) is 138 cm³/mol. The summed E-state index contributed by atoms with van der Waals surface area (Å²) < 4.78 is 51.6. The Kier molecular flexibility index (Phi) is 6.99. The maximum atomic E-state index is 13.3. The number of rotatable bonds is 6. The number of hydrogen-bond acceptors (Lipinski definition) is 9. The van der Waals surface area contributed by atoms with E-state index in [2.05, 4.69) is 10.1 Å². The normalized spacial score (nSPS) is 13.2. The fourth-order valence-electron chi connectivity index (χ4n) is 3.65. The standard InChI is InChI=1S/C24H13ClF3N5O6S/c25-17-6-3-15(24(26,27)28)8-18(17)30-23-31(20(11-40-23)13-1-4-16(5-2-13)32(34)35)29-10-14-7-21-22(39-12-38-21)9-19(14)33(36)37/h1-11H,12H2. The third-order valence-electron chi connectivity index (χ3n) is 5.58. The Morgan fingerprint density at radius 3 is 2.35 bits per heavy atom. The number of thiazole rings is 1. The number of nitro benzene ring substituents is 2. The van der Waals surface area contributed by atoms with E-state index in [0.29, 0.717) is 11.3 Å². The number of alkyl halides is 3. The molecule has 1 aliphatic heterocycles. The molecule has 0 amide bonds. The van der Waals surface area contributed by atoms with Gasteiger partial charge in [-0.05, 0) is 36.4 Å². The van der Waals surface area contributed by atoms with Crippen LogP contribution in [0, 0.1) is 20.2 Å². The molecule has 4 aromatic rings. The number of hydrogen-bond donors (Lipinski definition) is 0. The van der Waals surface area contributed by atoms with Crippen molar-refractivity contribution in [2.75, 3.05) is 6.79 Å². The SMILES string of the molecule is O=[N+]([O-])c1ccc(-c2csc(=Nc3cc(C(F)(F)F)ccc3Cl)n2N=Cc2cc3c(cc2[N+](=O)[O-])OCO3)cc1. The first-order valence-electron chi connectivity index (χ1n) is 11.0. The maximum Gasteiger partial charge on any atom is 0.416 e. The van der Waals surface area contributed by atoms with Crippen molar-refractivity contribution in [3.05, 3.63) is 101 Å². The van der Waals surface area contributed by atoms with E-state index in [4.69, 9.17) is 21.1 Å². The van der Waals surface area contributed by atoms with Crippen molar-refractivity contribution in [3.63, 3.8) is 0 Å². The molecule has 0 unspecified atom stereocenters. The monoisotopic (exact) mass is 591 g/mol. The first-order valence-corrected chi connectivity index (χ1v) is 12.3. The van der Waals surface area contributed by atoms with Gasteiger partial charge in [0.25, 0.3) is 11.4 Å². The molecule has 1 aromatic heterocycles. The molecular formula is C24H13ClF3N5O6S. The summed E-state index contributed by atoms with van der Waals surface area (Å²) >= 11 is 7.13. The molecule has 1 aliphatic rings. The summed E-state index contributed by atoms with van der Waals surface area (Å²) in [5.41, 5.74) is -0.797. The zero-order valence-electron chi connectivity index (χ0n) is 19.7. The van der Waals surface area contributed by atoms with E-state index in [1.54, 1.807) is 5.38 Å². The quantitative estimate of drug-likeness (QED) is 0.142. The molecule has 0 fully saturated rings. The van der Waals surface area contributed by atoms with Crippen molar-refractivity contribution in [2.24, 2.45) is 10.1 Å². The van der Waals surface area contributed by atoms with Gasteiger partial charge in [0.1, 0.15) is 0 Å². The molecule has 0 radical (unpaired) electrons. The number of non-ortho nitro benzene ring substituents is 1. The van der Waals surface area contributed by atoms with Crippen LogP contribution in [0.25, 0.3) is 11.3 Å². The number of nitrogens with zero attached hydrogens (tertiary/aromatic N) is 5. The number of nitro groups is 2. The summed E-state index contributed by atoms with van der Waals surface area (Å²) in [6, 6.07) is 10.7. The Morgan fingerprint density at radius 1 is 1.00 bits per heavy atom. The van der Waals surface area contributed by atoms with Crippen molar-refractivity contribution < 1.29 is 32.5 Å². The highest BCUT2D eigenvalue weighted by Gasteiger charge is 2.31. The van der Waals surface area contributed by atoms with Crippen LogP contribution in [0.3, 0.4) is 0 Å². The third-order valence-corrected chi connectivity index (χ3v) is 6.72. The highest BCUT2D eigenvalue weighted by atomic mass is 35.5. The Labute approximate surface area is 230 Å². The minimum Gasteiger partial charge on any atom is -0.454 e. The summed E-state index contributed by atoms with van der Waals surface area (Å²) in [5, 5.41) is 28.6. The highest BCUT2D eigenvalue weighted by Crippen LogP contribution is 2.38. The van der Waals surface area contributed by atoms with Gasteiger partial charge in [-0.2, -0.15) is 18.3 Å². The van der Waals surface area contributed by atoms with E-state index in [9.17, 15) is 33.4 Å². The Bertz CT molecular complexity index is 1750. The van der Waals surface area contributed by atoms with Crippen LogP contribution in [-0.2, 0) is 6.18 Å². The molecule has 3 aromatic carbocycles. The number of fused-ring (bicyclic) bond motifs is 1. The van der Waals surface area contributed by atoms with Gasteiger partial charge in [-0.15, -0.1) is 11.3 Å². The van der Waals surface area contributed by atoms with Gasteiger partial charge < -0.3 is 9.47 Å². The minimum atomic E-state index is -4.64. The molecule has 0 spiro atoms. The summed E-state index contributed by atoms with van der Waals surface area (Å²) in [4.78, 5) is 25.9. The molecule has 0 bridgehead atoms. The zero-order valence-corrected chi connectivity index (χ0v) is 21.2. The van der Waals surface area contributed by atoms with Crippen molar-refractivity contribution >= 4 is 46.2 Å². The lowest BCUT2D eigenvalue weighted by Crippen LogP contribution is -2.12. The molecule has 40 heavy (non-hydrogen) atoms. The lowest BCUT2D eigenvalue weighted by molar-refractivity contribution is -0.385. The van der Waals surface area contributed by atoms with Gasteiger partial charge in [-0.25, -0.2) is 9.67 Å². The molecule has 2 heterocycles.